The maximum absolute atomic E-state index is 5.76. The largest absolute Gasteiger partial charge is 0.383 e. The van der Waals surface area contributed by atoms with Gasteiger partial charge in [0.1, 0.15) is 6.04 Å². The highest BCUT2D eigenvalue weighted by molar-refractivity contribution is 9.10. The fraction of sp³-hybridized carbons (Fsp3) is 0.238. The Labute approximate surface area is 178 Å². The van der Waals surface area contributed by atoms with Crippen molar-refractivity contribution in [3.8, 4) is 0 Å². The summed E-state index contributed by atoms with van der Waals surface area (Å²) in [5.74, 6) is 0. The van der Waals surface area contributed by atoms with E-state index >= 15 is 0 Å². The molecule has 0 amide bonds. The summed E-state index contributed by atoms with van der Waals surface area (Å²) < 4.78 is 8.56. The van der Waals surface area contributed by atoms with Crippen LogP contribution in [-0.4, -0.2) is 28.4 Å². The first-order chi connectivity index (χ1) is 13.7. The first-order valence-electron chi connectivity index (χ1n) is 9.09. The molecule has 1 aliphatic rings. The zero-order valence-electron chi connectivity index (χ0n) is 15.5. The Morgan fingerprint density at radius 3 is 2.68 bits per heavy atom. The summed E-state index contributed by atoms with van der Waals surface area (Å²) in [6.07, 6.45) is 3.91. The Morgan fingerprint density at radius 1 is 1.14 bits per heavy atom. The van der Waals surface area contributed by atoms with Crippen molar-refractivity contribution in [3.63, 3.8) is 0 Å². The number of ether oxygens (including phenoxy) is 1. The van der Waals surface area contributed by atoms with E-state index in [0.29, 0.717) is 11.7 Å². The van der Waals surface area contributed by atoms with Gasteiger partial charge < -0.3 is 19.5 Å². The molecule has 2 aromatic heterocycles. The average Bonchev–Trinajstić information content (AvgIpc) is 3.31. The third kappa shape index (κ3) is 3.70. The van der Waals surface area contributed by atoms with Crippen LogP contribution >= 0.6 is 28.1 Å². The zero-order chi connectivity index (χ0) is 19.5. The van der Waals surface area contributed by atoms with E-state index in [4.69, 9.17) is 17.0 Å². The molecule has 0 aliphatic carbocycles. The van der Waals surface area contributed by atoms with E-state index in [9.17, 15) is 0 Å². The van der Waals surface area contributed by atoms with Crippen molar-refractivity contribution >= 4 is 38.9 Å². The molecule has 1 aliphatic heterocycles. The predicted octanol–water partition coefficient (Wildman–Crippen LogP) is 4.47. The Bertz CT molecular complexity index is 945. The number of thiocarbonyl (C=S) groups is 1. The minimum absolute atomic E-state index is 0.0181. The van der Waals surface area contributed by atoms with Gasteiger partial charge in [-0.1, -0.05) is 22.0 Å². The van der Waals surface area contributed by atoms with Gasteiger partial charge in [0, 0.05) is 41.9 Å². The molecule has 3 heterocycles. The van der Waals surface area contributed by atoms with Crippen molar-refractivity contribution in [2.24, 2.45) is 0 Å². The van der Waals surface area contributed by atoms with E-state index < -0.39 is 0 Å². The summed E-state index contributed by atoms with van der Waals surface area (Å²) in [7, 11) is 1.72. The van der Waals surface area contributed by atoms with E-state index in [0.717, 1.165) is 22.4 Å². The Hall–Kier alpha value is -2.22. The maximum atomic E-state index is 5.76. The Morgan fingerprint density at radius 2 is 1.96 bits per heavy atom. The maximum Gasteiger partial charge on any atom is 0.174 e. The molecule has 1 fully saturated rings. The fourth-order valence-electron chi connectivity index (χ4n) is 3.62. The smallest absolute Gasteiger partial charge is 0.174 e. The number of hydrogen-bond donors (Lipinski definition) is 1. The lowest BCUT2D eigenvalue weighted by atomic mass is 10.0. The molecule has 0 unspecified atom stereocenters. The number of nitrogens with zero attached hydrogens (tertiary/aromatic N) is 3. The van der Waals surface area contributed by atoms with Crippen molar-refractivity contribution in [1.82, 2.24) is 14.9 Å². The molecule has 28 heavy (non-hydrogen) atoms. The summed E-state index contributed by atoms with van der Waals surface area (Å²) in [5.41, 5.74) is 3.18. The summed E-state index contributed by atoms with van der Waals surface area (Å²) in [6, 6.07) is 18.4. The molecule has 1 N–H and O–H groups in total. The van der Waals surface area contributed by atoms with Gasteiger partial charge in [0.25, 0.3) is 0 Å². The molecule has 144 valence electrons. The number of anilines is 1. The van der Waals surface area contributed by atoms with E-state index in [1.54, 1.807) is 7.11 Å². The van der Waals surface area contributed by atoms with Crippen molar-refractivity contribution in [3.05, 3.63) is 82.9 Å². The number of hydrogen-bond acceptors (Lipinski definition) is 3. The number of methoxy groups -OCH3 is 1. The average molecular weight is 457 g/mol. The second-order valence-corrected chi connectivity index (χ2v) is 7.89. The summed E-state index contributed by atoms with van der Waals surface area (Å²) >= 11 is 9.27. The van der Waals surface area contributed by atoms with Crippen molar-refractivity contribution < 1.29 is 4.74 Å². The van der Waals surface area contributed by atoms with Gasteiger partial charge in [0.05, 0.1) is 18.3 Å². The fourth-order valence-corrected chi connectivity index (χ4v) is 4.23. The standard InChI is InChI=1S/C21H21BrN4OS/c1-27-14-13-25-12-4-6-18(25)20-19(17-5-2-3-11-23-17)24-21(28)26(20)16-9-7-15(22)8-10-16/h2-12,19-20H,13-14H2,1H3,(H,24,28)/t19-,20-/m0/s1. The first kappa shape index (κ1) is 19.1. The minimum Gasteiger partial charge on any atom is -0.383 e. The number of nitrogens with one attached hydrogen (secondary N) is 1. The zero-order valence-corrected chi connectivity index (χ0v) is 17.9. The van der Waals surface area contributed by atoms with E-state index in [-0.39, 0.29) is 12.1 Å². The van der Waals surface area contributed by atoms with Crippen LogP contribution in [0.2, 0.25) is 0 Å². The molecule has 3 aromatic rings. The highest BCUT2D eigenvalue weighted by Crippen LogP contribution is 2.41. The molecular formula is C21H21BrN4OS. The molecule has 0 spiro atoms. The number of pyridine rings is 1. The molecule has 0 saturated carbocycles. The Kier molecular flexibility index (Phi) is 5.75. The van der Waals surface area contributed by atoms with Crippen LogP contribution in [0.15, 0.2) is 71.5 Å². The van der Waals surface area contributed by atoms with Crippen molar-refractivity contribution in [2.75, 3.05) is 18.6 Å². The van der Waals surface area contributed by atoms with Gasteiger partial charge in [-0.2, -0.15) is 0 Å². The van der Waals surface area contributed by atoms with Crippen LogP contribution in [0.5, 0.6) is 0 Å². The number of halogens is 1. The molecule has 0 bridgehead atoms. The molecule has 0 radical (unpaired) electrons. The molecule has 1 aromatic carbocycles. The number of aromatic nitrogens is 2. The first-order valence-corrected chi connectivity index (χ1v) is 10.3. The monoisotopic (exact) mass is 456 g/mol. The van der Waals surface area contributed by atoms with Crippen LogP contribution in [0.3, 0.4) is 0 Å². The number of rotatable bonds is 6. The summed E-state index contributed by atoms with van der Waals surface area (Å²) in [5, 5.41) is 4.19. The lowest BCUT2D eigenvalue weighted by Gasteiger charge is -2.29. The van der Waals surface area contributed by atoms with E-state index in [1.807, 2.05) is 36.5 Å². The molecular weight excluding hydrogens is 436 g/mol. The predicted molar refractivity (Wildman–Crippen MR) is 118 cm³/mol. The van der Waals surface area contributed by atoms with Gasteiger partial charge in [-0.05, 0) is 60.7 Å². The van der Waals surface area contributed by atoms with Crippen LogP contribution in [-0.2, 0) is 11.3 Å². The second kappa shape index (κ2) is 8.43. The van der Waals surface area contributed by atoms with Gasteiger partial charge in [-0.15, -0.1) is 0 Å². The molecule has 4 rings (SSSR count). The lowest BCUT2D eigenvalue weighted by molar-refractivity contribution is 0.186. The molecule has 2 atom stereocenters. The SMILES string of the molecule is COCCn1cccc1[C@H]1[C@H](c2ccccn2)NC(=S)N1c1ccc(Br)cc1. The van der Waals surface area contributed by atoms with Crippen LogP contribution in [0.25, 0.3) is 0 Å². The lowest BCUT2D eigenvalue weighted by Crippen LogP contribution is -2.30. The van der Waals surface area contributed by atoms with Gasteiger partial charge in [0.2, 0.25) is 0 Å². The number of benzene rings is 1. The van der Waals surface area contributed by atoms with Crippen LogP contribution < -0.4 is 10.2 Å². The third-order valence-electron chi connectivity index (χ3n) is 4.91. The van der Waals surface area contributed by atoms with Gasteiger partial charge in [-0.25, -0.2) is 0 Å². The van der Waals surface area contributed by atoms with Gasteiger partial charge in [-0.3, -0.25) is 4.98 Å². The highest BCUT2D eigenvalue weighted by atomic mass is 79.9. The van der Waals surface area contributed by atoms with Crippen molar-refractivity contribution in [1.29, 1.82) is 0 Å². The van der Waals surface area contributed by atoms with Gasteiger partial charge >= 0.3 is 0 Å². The van der Waals surface area contributed by atoms with Crippen LogP contribution in [0.4, 0.5) is 5.69 Å². The van der Waals surface area contributed by atoms with Crippen LogP contribution in [0.1, 0.15) is 23.5 Å². The van der Waals surface area contributed by atoms with Crippen LogP contribution in [0, 0.1) is 0 Å². The molecule has 5 nitrogen and oxygen atoms in total. The minimum atomic E-state index is -0.0476. The quantitative estimate of drug-likeness (QED) is 0.554. The molecule has 7 heteroatoms. The topological polar surface area (TPSA) is 42.3 Å². The van der Waals surface area contributed by atoms with E-state index in [1.165, 1.54) is 5.69 Å². The second-order valence-electron chi connectivity index (χ2n) is 6.59. The molecule has 1 saturated heterocycles. The van der Waals surface area contributed by atoms with E-state index in [2.05, 4.69) is 66.2 Å². The van der Waals surface area contributed by atoms with Crippen molar-refractivity contribution in [2.45, 2.75) is 18.6 Å². The summed E-state index contributed by atoms with van der Waals surface area (Å²) in [4.78, 5) is 6.78. The van der Waals surface area contributed by atoms with Gasteiger partial charge in [0.15, 0.2) is 5.11 Å². The highest BCUT2D eigenvalue weighted by Gasteiger charge is 2.41. The Balaban J connectivity index is 1.80. The normalized spacial score (nSPS) is 19.1. The third-order valence-corrected chi connectivity index (χ3v) is 5.75. The summed E-state index contributed by atoms with van der Waals surface area (Å²) in [6.45, 7) is 1.43.